The van der Waals surface area contributed by atoms with E-state index < -0.39 is 10.0 Å². The number of nitrogens with one attached hydrogen (secondary N) is 1. The fourth-order valence-electron chi connectivity index (χ4n) is 3.15. The summed E-state index contributed by atoms with van der Waals surface area (Å²) in [5.74, 6) is 0.908. The maximum absolute atomic E-state index is 12.6. The highest BCUT2D eigenvalue weighted by Gasteiger charge is 2.25. The van der Waals surface area contributed by atoms with Crippen LogP contribution in [0.25, 0.3) is 0 Å². The Morgan fingerprint density at radius 3 is 2.24 bits per heavy atom. The Bertz CT molecular complexity index is 702. The number of hydrogen-bond acceptors (Lipinski definition) is 5. The number of likely N-dealkylation sites (tertiary alicyclic amines) is 1. The van der Waals surface area contributed by atoms with Gasteiger partial charge in [0.2, 0.25) is 10.0 Å². The van der Waals surface area contributed by atoms with Crippen molar-refractivity contribution in [3.8, 4) is 5.75 Å². The Labute approximate surface area is 149 Å². The van der Waals surface area contributed by atoms with E-state index in [2.05, 4.69) is 4.72 Å². The topological polar surface area (TPSA) is 84.9 Å². The molecule has 1 N–H and O–H groups in total. The minimum absolute atomic E-state index is 0.205. The van der Waals surface area contributed by atoms with Gasteiger partial charge in [0, 0.05) is 19.6 Å². The minimum Gasteiger partial charge on any atom is -0.496 e. The number of piperidine rings is 1. The first-order valence-corrected chi connectivity index (χ1v) is 9.74. The molecule has 0 atom stereocenters. The molecule has 0 spiro atoms. The molecule has 1 aromatic rings. The molecule has 0 aliphatic carbocycles. The van der Waals surface area contributed by atoms with E-state index in [0.29, 0.717) is 25.4 Å². The van der Waals surface area contributed by atoms with E-state index in [-0.39, 0.29) is 16.9 Å². The number of amides is 1. The number of carbonyl (C=O) groups excluding carboxylic acids is 1. The summed E-state index contributed by atoms with van der Waals surface area (Å²) >= 11 is 0. The second-order valence-corrected chi connectivity index (χ2v) is 8.11. The van der Waals surface area contributed by atoms with Crippen LogP contribution in [-0.4, -0.2) is 53.3 Å². The number of carbonyl (C=O) groups is 1. The van der Waals surface area contributed by atoms with Crippen LogP contribution in [0.1, 0.15) is 24.0 Å². The second kappa shape index (κ2) is 8.05. The van der Waals surface area contributed by atoms with Crippen molar-refractivity contribution >= 4 is 16.1 Å². The molecule has 1 amide bonds. The van der Waals surface area contributed by atoms with Gasteiger partial charge in [-0.05, 0) is 55.9 Å². The molecule has 0 saturated carbocycles. The highest BCUT2D eigenvalue weighted by Crippen LogP contribution is 2.26. The quantitative estimate of drug-likeness (QED) is 0.858. The summed E-state index contributed by atoms with van der Waals surface area (Å²) in [6.45, 7) is 5.18. The molecule has 140 valence electrons. The minimum atomic E-state index is -3.57. The van der Waals surface area contributed by atoms with Gasteiger partial charge in [-0.3, -0.25) is 0 Å². The van der Waals surface area contributed by atoms with E-state index in [4.69, 9.17) is 9.47 Å². The molecule has 0 unspecified atom stereocenters. The Kier molecular flexibility index (Phi) is 6.29. The maximum atomic E-state index is 12.6. The van der Waals surface area contributed by atoms with Gasteiger partial charge < -0.3 is 14.4 Å². The molecule has 0 radical (unpaired) electrons. The van der Waals surface area contributed by atoms with Gasteiger partial charge in [-0.25, -0.2) is 17.9 Å². The van der Waals surface area contributed by atoms with Gasteiger partial charge in [-0.15, -0.1) is 0 Å². The Hall–Kier alpha value is -1.80. The van der Waals surface area contributed by atoms with Gasteiger partial charge in [0.25, 0.3) is 0 Å². The van der Waals surface area contributed by atoms with Gasteiger partial charge >= 0.3 is 6.09 Å². The zero-order valence-electron chi connectivity index (χ0n) is 15.2. The van der Waals surface area contributed by atoms with Gasteiger partial charge in [0.1, 0.15) is 5.75 Å². The van der Waals surface area contributed by atoms with Crippen molar-refractivity contribution in [3.05, 3.63) is 23.3 Å². The normalized spacial score (nSPS) is 15.9. The first-order chi connectivity index (χ1) is 11.8. The fraction of sp³-hybridized carbons (Fsp3) is 0.588. The van der Waals surface area contributed by atoms with Crippen LogP contribution in [-0.2, 0) is 14.8 Å². The average molecular weight is 370 g/mol. The molecule has 8 heteroatoms. The van der Waals surface area contributed by atoms with Gasteiger partial charge in [0.15, 0.2) is 0 Å². The predicted octanol–water partition coefficient (Wildman–Crippen LogP) is 2.07. The SMILES string of the molecule is COC(=O)N1CCC(CNS(=O)(=O)c2cc(C)c(OC)c(C)c2)CC1. The number of sulfonamides is 1. The third-order valence-corrected chi connectivity index (χ3v) is 5.96. The largest absolute Gasteiger partial charge is 0.496 e. The van der Waals surface area contributed by atoms with Crippen LogP contribution in [0, 0.1) is 19.8 Å². The van der Waals surface area contributed by atoms with Crippen LogP contribution in [0.15, 0.2) is 17.0 Å². The monoisotopic (exact) mass is 370 g/mol. The van der Waals surface area contributed by atoms with Crippen LogP contribution >= 0.6 is 0 Å². The summed E-state index contributed by atoms with van der Waals surface area (Å²) < 4.78 is 37.8. The van der Waals surface area contributed by atoms with Crippen LogP contribution in [0.3, 0.4) is 0 Å². The first-order valence-electron chi connectivity index (χ1n) is 8.26. The highest BCUT2D eigenvalue weighted by molar-refractivity contribution is 7.89. The molecular weight excluding hydrogens is 344 g/mol. The average Bonchev–Trinajstić information content (AvgIpc) is 2.59. The van der Waals surface area contributed by atoms with Crippen molar-refractivity contribution in [3.63, 3.8) is 0 Å². The molecule has 7 nitrogen and oxygen atoms in total. The summed E-state index contributed by atoms with van der Waals surface area (Å²) in [6.07, 6.45) is 1.17. The first kappa shape index (κ1) is 19.5. The van der Waals surface area contributed by atoms with E-state index in [0.717, 1.165) is 24.0 Å². The van der Waals surface area contributed by atoms with Crippen molar-refractivity contribution in [2.45, 2.75) is 31.6 Å². The lowest BCUT2D eigenvalue weighted by Gasteiger charge is -2.30. The lowest BCUT2D eigenvalue weighted by molar-refractivity contribution is 0.106. The van der Waals surface area contributed by atoms with Crippen LogP contribution in [0.5, 0.6) is 5.75 Å². The van der Waals surface area contributed by atoms with E-state index in [1.807, 2.05) is 13.8 Å². The number of hydrogen-bond donors (Lipinski definition) is 1. The maximum Gasteiger partial charge on any atom is 0.409 e. The van der Waals surface area contributed by atoms with Gasteiger partial charge in [-0.2, -0.15) is 0 Å². The summed E-state index contributed by atoms with van der Waals surface area (Å²) in [5, 5.41) is 0. The summed E-state index contributed by atoms with van der Waals surface area (Å²) in [4.78, 5) is 13.4. The van der Waals surface area contributed by atoms with Crippen molar-refractivity contribution in [2.75, 3.05) is 33.9 Å². The molecule has 0 bridgehead atoms. The van der Waals surface area contributed by atoms with Gasteiger partial charge in [0.05, 0.1) is 19.1 Å². The number of rotatable bonds is 5. The van der Waals surface area contributed by atoms with Crippen molar-refractivity contribution < 1.29 is 22.7 Å². The summed E-state index contributed by atoms with van der Waals surface area (Å²) in [6, 6.07) is 3.24. The van der Waals surface area contributed by atoms with Crippen LogP contribution < -0.4 is 9.46 Å². The van der Waals surface area contributed by atoms with E-state index in [9.17, 15) is 13.2 Å². The van der Waals surface area contributed by atoms with Crippen LogP contribution in [0.2, 0.25) is 0 Å². The number of nitrogens with zero attached hydrogens (tertiary/aromatic N) is 1. The zero-order chi connectivity index (χ0) is 18.6. The number of ether oxygens (including phenoxy) is 2. The lowest BCUT2D eigenvalue weighted by atomic mass is 9.97. The third kappa shape index (κ3) is 4.64. The van der Waals surface area contributed by atoms with Crippen molar-refractivity contribution in [1.82, 2.24) is 9.62 Å². The third-order valence-electron chi connectivity index (χ3n) is 4.56. The predicted molar refractivity (Wildman–Crippen MR) is 94.4 cm³/mol. The Balaban J connectivity index is 1.98. The summed E-state index contributed by atoms with van der Waals surface area (Å²) in [5.41, 5.74) is 1.57. The molecule has 25 heavy (non-hydrogen) atoms. The molecular formula is C17H26N2O5S. The van der Waals surface area contributed by atoms with E-state index in [1.54, 1.807) is 24.1 Å². The molecule has 1 aliphatic rings. The molecule has 0 aromatic heterocycles. The Morgan fingerprint density at radius 1 is 1.20 bits per heavy atom. The molecule has 1 heterocycles. The molecule has 1 aliphatic heterocycles. The zero-order valence-corrected chi connectivity index (χ0v) is 16.0. The molecule has 1 saturated heterocycles. The van der Waals surface area contributed by atoms with Gasteiger partial charge in [-0.1, -0.05) is 0 Å². The molecule has 1 fully saturated rings. The molecule has 1 aromatic carbocycles. The highest BCUT2D eigenvalue weighted by atomic mass is 32.2. The van der Waals surface area contributed by atoms with Crippen molar-refractivity contribution in [1.29, 1.82) is 0 Å². The standard InChI is InChI=1S/C17H26N2O5S/c1-12-9-15(10-13(2)16(12)23-3)25(21,22)18-11-14-5-7-19(8-6-14)17(20)24-4/h9-10,14,18H,5-8,11H2,1-4H3. The van der Waals surface area contributed by atoms with E-state index in [1.165, 1.54) is 7.11 Å². The number of methoxy groups -OCH3 is 2. The van der Waals surface area contributed by atoms with Crippen LogP contribution in [0.4, 0.5) is 4.79 Å². The summed E-state index contributed by atoms with van der Waals surface area (Å²) in [7, 11) is -0.641. The fourth-order valence-corrected chi connectivity index (χ4v) is 4.43. The molecule has 2 rings (SSSR count). The Morgan fingerprint density at radius 2 is 1.76 bits per heavy atom. The smallest absolute Gasteiger partial charge is 0.409 e. The van der Waals surface area contributed by atoms with E-state index >= 15 is 0 Å². The lowest BCUT2D eigenvalue weighted by Crippen LogP contribution is -2.41. The number of aryl methyl sites for hydroxylation is 2. The number of benzene rings is 1. The van der Waals surface area contributed by atoms with Crippen molar-refractivity contribution in [2.24, 2.45) is 5.92 Å². The second-order valence-electron chi connectivity index (χ2n) is 6.34.